The summed E-state index contributed by atoms with van der Waals surface area (Å²) in [6.45, 7) is 4.87. The molecule has 122 valence electrons. The molecule has 1 aliphatic heterocycles. The van der Waals surface area contributed by atoms with Gasteiger partial charge in [-0.2, -0.15) is 0 Å². The van der Waals surface area contributed by atoms with Gasteiger partial charge in [0.25, 0.3) is 0 Å². The molecule has 0 bridgehead atoms. The zero-order chi connectivity index (χ0) is 16.3. The van der Waals surface area contributed by atoms with Gasteiger partial charge in [0, 0.05) is 18.7 Å². The van der Waals surface area contributed by atoms with Crippen molar-refractivity contribution in [2.75, 3.05) is 18.8 Å². The summed E-state index contributed by atoms with van der Waals surface area (Å²) >= 11 is 0. The third kappa shape index (κ3) is 3.50. The molecule has 1 fully saturated rings. The van der Waals surface area contributed by atoms with Crippen LogP contribution in [-0.2, 0) is 10.0 Å². The van der Waals surface area contributed by atoms with E-state index in [1.165, 1.54) is 0 Å². The molecule has 1 saturated heterocycles. The molecule has 2 N–H and O–H groups in total. The third-order valence-electron chi connectivity index (χ3n) is 4.31. The van der Waals surface area contributed by atoms with Crippen LogP contribution in [0.1, 0.15) is 53.6 Å². The first-order chi connectivity index (χ1) is 10.4. The number of primary amides is 1. The molecule has 22 heavy (non-hydrogen) atoms. The predicted molar refractivity (Wildman–Crippen MR) is 87.3 cm³/mol. The molecule has 0 radical (unpaired) electrons. The lowest BCUT2D eigenvalue weighted by Gasteiger charge is -2.32. The van der Waals surface area contributed by atoms with Crippen LogP contribution in [0.15, 0.2) is 18.2 Å². The first-order valence-corrected chi connectivity index (χ1v) is 9.35. The van der Waals surface area contributed by atoms with E-state index < -0.39 is 15.9 Å². The number of carbonyl (C=O) groups excluding carboxylic acids is 1. The largest absolute Gasteiger partial charge is 0.366 e. The van der Waals surface area contributed by atoms with Crippen LogP contribution in [-0.4, -0.2) is 37.5 Å². The van der Waals surface area contributed by atoms with Crippen LogP contribution < -0.4 is 5.73 Å². The molecule has 0 unspecified atom stereocenters. The number of aryl methyl sites for hydroxylation is 1. The lowest BCUT2D eigenvalue weighted by Crippen LogP contribution is -2.39. The van der Waals surface area contributed by atoms with Gasteiger partial charge >= 0.3 is 0 Å². The molecular weight excluding hydrogens is 300 g/mol. The molecule has 0 aliphatic carbocycles. The van der Waals surface area contributed by atoms with Crippen molar-refractivity contribution >= 4 is 15.9 Å². The minimum absolute atomic E-state index is 0.191. The normalized spacial score (nSPS) is 17.5. The molecule has 1 amide bonds. The lowest BCUT2D eigenvalue weighted by atomic mass is 9.84. The summed E-state index contributed by atoms with van der Waals surface area (Å²) in [6, 6.07) is 5.56. The number of nitrogens with zero attached hydrogens (tertiary/aromatic N) is 1. The van der Waals surface area contributed by atoms with Crippen molar-refractivity contribution in [3.05, 3.63) is 34.9 Å². The number of benzene rings is 1. The average Bonchev–Trinajstić information content (AvgIpc) is 2.47. The highest BCUT2D eigenvalue weighted by molar-refractivity contribution is 7.89. The predicted octanol–water partition coefficient (Wildman–Crippen LogP) is 2.01. The molecule has 0 aromatic heterocycles. The third-order valence-corrected chi connectivity index (χ3v) is 6.38. The van der Waals surface area contributed by atoms with Gasteiger partial charge in [-0.05, 0) is 49.3 Å². The fraction of sp³-hybridized carbons (Fsp3) is 0.562. The van der Waals surface area contributed by atoms with Crippen LogP contribution in [0.5, 0.6) is 0 Å². The zero-order valence-corrected chi connectivity index (χ0v) is 14.0. The Morgan fingerprint density at radius 1 is 1.32 bits per heavy atom. The number of nitrogens with two attached hydrogens (primary N) is 1. The standard InChI is InChI=1S/C16H24N2O3S/c1-3-11-22(20,21)18-9-7-13(8-10-18)15-12(2)5-4-6-14(15)16(17)19/h4-6,13H,3,7-11H2,1-2H3,(H2,17,19). The van der Waals surface area contributed by atoms with Crippen molar-refractivity contribution in [2.24, 2.45) is 5.73 Å². The number of carbonyl (C=O) groups is 1. The van der Waals surface area contributed by atoms with E-state index in [1.807, 2.05) is 26.0 Å². The van der Waals surface area contributed by atoms with Crippen molar-refractivity contribution in [3.8, 4) is 0 Å². The Kier molecular flexibility index (Phi) is 5.24. The van der Waals surface area contributed by atoms with Crippen molar-refractivity contribution < 1.29 is 13.2 Å². The maximum Gasteiger partial charge on any atom is 0.248 e. The number of sulfonamides is 1. The van der Waals surface area contributed by atoms with Crippen molar-refractivity contribution in [1.82, 2.24) is 4.31 Å². The van der Waals surface area contributed by atoms with Crippen LogP contribution in [0.25, 0.3) is 0 Å². The highest BCUT2D eigenvalue weighted by atomic mass is 32.2. The second-order valence-electron chi connectivity index (χ2n) is 5.89. The molecule has 1 aromatic carbocycles. The average molecular weight is 324 g/mol. The van der Waals surface area contributed by atoms with E-state index in [1.54, 1.807) is 10.4 Å². The van der Waals surface area contributed by atoms with Gasteiger partial charge in [-0.3, -0.25) is 4.79 Å². The Hall–Kier alpha value is -1.40. The first kappa shape index (κ1) is 17.0. The van der Waals surface area contributed by atoms with E-state index in [0.29, 0.717) is 25.1 Å². The Bertz CT molecular complexity index is 647. The zero-order valence-electron chi connectivity index (χ0n) is 13.2. The van der Waals surface area contributed by atoms with Gasteiger partial charge < -0.3 is 5.73 Å². The molecule has 1 aliphatic rings. The Morgan fingerprint density at radius 3 is 2.50 bits per heavy atom. The summed E-state index contributed by atoms with van der Waals surface area (Å²) in [4.78, 5) is 11.6. The van der Waals surface area contributed by atoms with E-state index in [4.69, 9.17) is 5.73 Å². The second-order valence-corrected chi connectivity index (χ2v) is 7.98. The Morgan fingerprint density at radius 2 is 1.95 bits per heavy atom. The first-order valence-electron chi connectivity index (χ1n) is 7.74. The summed E-state index contributed by atoms with van der Waals surface area (Å²) < 4.78 is 25.8. The maximum atomic E-state index is 12.1. The molecule has 1 heterocycles. The molecular formula is C16H24N2O3S. The highest BCUT2D eigenvalue weighted by Crippen LogP contribution is 2.33. The summed E-state index contributed by atoms with van der Waals surface area (Å²) in [5, 5.41) is 0. The quantitative estimate of drug-likeness (QED) is 0.899. The minimum Gasteiger partial charge on any atom is -0.366 e. The van der Waals surface area contributed by atoms with Gasteiger partial charge in [0.1, 0.15) is 0 Å². The molecule has 2 rings (SSSR count). The van der Waals surface area contributed by atoms with Gasteiger partial charge in [-0.15, -0.1) is 0 Å². The minimum atomic E-state index is -3.13. The van der Waals surface area contributed by atoms with Crippen LogP contribution in [0.2, 0.25) is 0 Å². The van der Waals surface area contributed by atoms with Gasteiger partial charge in [-0.1, -0.05) is 19.1 Å². The monoisotopic (exact) mass is 324 g/mol. The number of hydrogen-bond donors (Lipinski definition) is 1. The van der Waals surface area contributed by atoms with Crippen molar-refractivity contribution in [1.29, 1.82) is 0 Å². The van der Waals surface area contributed by atoms with E-state index in [2.05, 4.69) is 0 Å². The number of amides is 1. The number of hydrogen-bond acceptors (Lipinski definition) is 3. The fourth-order valence-corrected chi connectivity index (χ4v) is 4.79. The number of rotatable bonds is 5. The van der Waals surface area contributed by atoms with Gasteiger partial charge in [0.05, 0.1) is 5.75 Å². The Labute approximate surface area is 132 Å². The van der Waals surface area contributed by atoms with E-state index in [-0.39, 0.29) is 11.7 Å². The smallest absolute Gasteiger partial charge is 0.248 e. The van der Waals surface area contributed by atoms with Crippen molar-refractivity contribution in [2.45, 2.75) is 39.0 Å². The molecule has 5 nitrogen and oxygen atoms in total. The second kappa shape index (κ2) is 6.79. The topological polar surface area (TPSA) is 80.5 Å². The maximum absolute atomic E-state index is 12.1. The Balaban J connectivity index is 2.18. The summed E-state index contributed by atoms with van der Waals surface area (Å²) in [5.74, 6) is -0.0225. The summed E-state index contributed by atoms with van der Waals surface area (Å²) in [7, 11) is -3.13. The van der Waals surface area contributed by atoms with Crippen molar-refractivity contribution in [3.63, 3.8) is 0 Å². The van der Waals surface area contributed by atoms with Gasteiger partial charge in [-0.25, -0.2) is 12.7 Å². The summed E-state index contributed by atoms with van der Waals surface area (Å²) in [6.07, 6.45) is 2.09. The molecule has 1 aromatic rings. The summed E-state index contributed by atoms with van der Waals surface area (Å²) in [5.41, 5.74) is 8.08. The SMILES string of the molecule is CCCS(=O)(=O)N1CCC(c2c(C)cccc2C(N)=O)CC1. The fourth-order valence-electron chi connectivity index (χ4n) is 3.25. The van der Waals surface area contributed by atoms with E-state index >= 15 is 0 Å². The molecule has 0 atom stereocenters. The van der Waals surface area contributed by atoms with Crippen LogP contribution in [0, 0.1) is 6.92 Å². The van der Waals surface area contributed by atoms with Gasteiger partial charge in [0.15, 0.2) is 0 Å². The molecule has 6 heteroatoms. The number of piperidine rings is 1. The van der Waals surface area contributed by atoms with Crippen LogP contribution in [0.4, 0.5) is 0 Å². The molecule has 0 spiro atoms. The highest BCUT2D eigenvalue weighted by Gasteiger charge is 2.30. The lowest BCUT2D eigenvalue weighted by molar-refractivity contribution is 0.0998. The van der Waals surface area contributed by atoms with Crippen LogP contribution >= 0.6 is 0 Å². The van der Waals surface area contributed by atoms with Gasteiger partial charge in [0.2, 0.25) is 15.9 Å². The van der Waals surface area contributed by atoms with E-state index in [9.17, 15) is 13.2 Å². The molecule has 0 saturated carbocycles. The van der Waals surface area contributed by atoms with E-state index in [0.717, 1.165) is 24.0 Å². The van der Waals surface area contributed by atoms with Crippen LogP contribution in [0.3, 0.4) is 0 Å².